The van der Waals surface area contributed by atoms with Crippen molar-refractivity contribution in [3.8, 4) is 0 Å². The molecule has 0 radical (unpaired) electrons. The number of nitrogens with one attached hydrogen (secondary N) is 3. The molecule has 1 saturated carbocycles. The van der Waals surface area contributed by atoms with E-state index in [2.05, 4.69) is 50.2 Å². The summed E-state index contributed by atoms with van der Waals surface area (Å²) in [5.74, 6) is -0.0500. The maximum absolute atomic E-state index is 12.1. The van der Waals surface area contributed by atoms with E-state index in [1.807, 2.05) is 6.07 Å². The van der Waals surface area contributed by atoms with E-state index in [0.29, 0.717) is 17.7 Å². The van der Waals surface area contributed by atoms with E-state index in [9.17, 15) is 4.79 Å². The molecular formula is C19H29N5OS. The van der Waals surface area contributed by atoms with Gasteiger partial charge in [-0.05, 0) is 37.2 Å². The number of piperazine rings is 1. The van der Waals surface area contributed by atoms with Crippen molar-refractivity contribution >= 4 is 28.9 Å². The van der Waals surface area contributed by atoms with E-state index in [1.165, 1.54) is 24.9 Å². The third-order valence-corrected chi connectivity index (χ3v) is 5.34. The number of anilines is 1. The summed E-state index contributed by atoms with van der Waals surface area (Å²) in [4.78, 5) is 16.7. The van der Waals surface area contributed by atoms with E-state index in [1.54, 1.807) is 0 Å². The average molecular weight is 376 g/mol. The molecule has 1 saturated heterocycles. The summed E-state index contributed by atoms with van der Waals surface area (Å²) in [5, 5.41) is 3.80. The topological polar surface area (TPSA) is 59.6 Å². The number of carbonyl (C=O) groups is 1. The van der Waals surface area contributed by atoms with Crippen molar-refractivity contribution in [1.82, 2.24) is 21.1 Å². The monoisotopic (exact) mass is 375 g/mol. The molecule has 0 atom stereocenters. The summed E-state index contributed by atoms with van der Waals surface area (Å²) >= 11 is 5.27. The average Bonchev–Trinajstić information content (AvgIpc) is 2.68. The van der Waals surface area contributed by atoms with Crippen molar-refractivity contribution < 1.29 is 4.79 Å². The van der Waals surface area contributed by atoms with Gasteiger partial charge in [-0.1, -0.05) is 37.5 Å². The fourth-order valence-electron chi connectivity index (χ4n) is 3.64. The number of para-hydroxylation sites is 1. The van der Waals surface area contributed by atoms with Crippen LogP contribution in [-0.2, 0) is 4.79 Å². The largest absolute Gasteiger partial charge is 0.369 e. The van der Waals surface area contributed by atoms with Gasteiger partial charge in [0.05, 0.1) is 6.54 Å². The van der Waals surface area contributed by atoms with Crippen LogP contribution in [0.5, 0.6) is 0 Å². The Morgan fingerprint density at radius 2 is 1.69 bits per heavy atom. The van der Waals surface area contributed by atoms with Gasteiger partial charge in [-0.15, -0.1) is 0 Å². The zero-order chi connectivity index (χ0) is 18.2. The molecule has 0 bridgehead atoms. The number of rotatable bonds is 4. The van der Waals surface area contributed by atoms with Gasteiger partial charge in [0.15, 0.2) is 5.11 Å². The molecule has 2 aliphatic rings. The van der Waals surface area contributed by atoms with E-state index < -0.39 is 0 Å². The van der Waals surface area contributed by atoms with Crippen LogP contribution < -0.4 is 21.1 Å². The number of benzene rings is 1. The Kier molecular flexibility index (Phi) is 7.08. The molecule has 1 heterocycles. The predicted octanol–water partition coefficient (Wildman–Crippen LogP) is 1.64. The Morgan fingerprint density at radius 1 is 1.00 bits per heavy atom. The van der Waals surface area contributed by atoms with Crippen LogP contribution in [0.15, 0.2) is 30.3 Å². The Balaban J connectivity index is 1.32. The normalized spacial score (nSPS) is 19.0. The van der Waals surface area contributed by atoms with Gasteiger partial charge in [0.2, 0.25) is 0 Å². The van der Waals surface area contributed by atoms with Gasteiger partial charge in [-0.2, -0.15) is 0 Å². The van der Waals surface area contributed by atoms with E-state index in [4.69, 9.17) is 12.2 Å². The molecule has 1 aliphatic carbocycles. The molecule has 1 amide bonds. The molecule has 1 aromatic carbocycles. The molecule has 3 N–H and O–H groups in total. The number of hydrogen-bond acceptors (Lipinski definition) is 4. The standard InChI is InChI=1S/C19H29N5OS/c25-18(21-22-19(26)20-16-7-3-1-4-8-16)15-23-11-13-24(14-12-23)17-9-5-2-6-10-17/h2,5-6,9-10,16H,1,3-4,7-8,11-15H2,(H,21,25)(H2,20,22,26). The summed E-state index contributed by atoms with van der Waals surface area (Å²) in [7, 11) is 0. The third-order valence-electron chi connectivity index (χ3n) is 5.12. The first-order chi connectivity index (χ1) is 12.7. The molecule has 0 unspecified atom stereocenters. The minimum absolute atomic E-state index is 0.0500. The fourth-order valence-corrected chi connectivity index (χ4v) is 3.86. The van der Waals surface area contributed by atoms with Crippen LogP contribution in [0.1, 0.15) is 32.1 Å². The molecule has 1 aliphatic heterocycles. The minimum atomic E-state index is -0.0500. The zero-order valence-electron chi connectivity index (χ0n) is 15.2. The highest BCUT2D eigenvalue weighted by Crippen LogP contribution is 2.17. The smallest absolute Gasteiger partial charge is 0.252 e. The van der Waals surface area contributed by atoms with Crippen LogP contribution in [0.3, 0.4) is 0 Å². The lowest BCUT2D eigenvalue weighted by atomic mass is 9.96. The van der Waals surface area contributed by atoms with Gasteiger partial charge >= 0.3 is 0 Å². The van der Waals surface area contributed by atoms with Crippen molar-refractivity contribution in [1.29, 1.82) is 0 Å². The summed E-state index contributed by atoms with van der Waals surface area (Å²) in [5.41, 5.74) is 6.80. The van der Waals surface area contributed by atoms with E-state index in [0.717, 1.165) is 39.0 Å². The van der Waals surface area contributed by atoms with Gasteiger partial charge in [0.1, 0.15) is 0 Å². The highest BCUT2D eigenvalue weighted by Gasteiger charge is 2.19. The first-order valence-corrected chi connectivity index (χ1v) is 9.99. The van der Waals surface area contributed by atoms with Crippen molar-refractivity contribution in [3.63, 3.8) is 0 Å². The predicted molar refractivity (Wildman–Crippen MR) is 109 cm³/mol. The maximum atomic E-state index is 12.1. The molecular weight excluding hydrogens is 346 g/mol. The number of hydrazine groups is 1. The first kappa shape index (κ1) is 18.9. The van der Waals surface area contributed by atoms with Crippen LogP contribution in [0, 0.1) is 0 Å². The highest BCUT2D eigenvalue weighted by molar-refractivity contribution is 7.80. The number of thiocarbonyl (C=S) groups is 1. The summed E-state index contributed by atoms with van der Waals surface area (Å²) in [6.45, 7) is 4.03. The third kappa shape index (κ3) is 5.85. The SMILES string of the molecule is O=C(CN1CCN(c2ccccc2)CC1)NNC(=S)NC1CCCCC1. The van der Waals surface area contributed by atoms with Crippen molar-refractivity contribution in [2.75, 3.05) is 37.6 Å². The van der Waals surface area contributed by atoms with E-state index in [-0.39, 0.29) is 5.91 Å². The molecule has 6 nitrogen and oxygen atoms in total. The lowest BCUT2D eigenvalue weighted by molar-refractivity contribution is -0.122. The fraction of sp³-hybridized carbons (Fsp3) is 0.579. The first-order valence-electron chi connectivity index (χ1n) is 9.58. The number of hydrogen-bond donors (Lipinski definition) is 3. The molecule has 2 fully saturated rings. The molecule has 26 heavy (non-hydrogen) atoms. The number of amides is 1. The van der Waals surface area contributed by atoms with Crippen molar-refractivity contribution in [2.24, 2.45) is 0 Å². The van der Waals surface area contributed by atoms with Gasteiger partial charge in [-0.25, -0.2) is 0 Å². The Labute approximate surface area is 161 Å². The maximum Gasteiger partial charge on any atom is 0.252 e. The molecule has 142 valence electrons. The lowest BCUT2D eigenvalue weighted by Crippen LogP contribution is -2.54. The van der Waals surface area contributed by atoms with Crippen molar-refractivity contribution in [3.05, 3.63) is 30.3 Å². The van der Waals surface area contributed by atoms with Gasteiger partial charge in [0.25, 0.3) is 5.91 Å². The summed E-state index contributed by atoms with van der Waals surface area (Å²) in [6, 6.07) is 10.9. The number of nitrogens with zero attached hydrogens (tertiary/aromatic N) is 2. The second-order valence-corrected chi connectivity index (χ2v) is 7.49. The minimum Gasteiger partial charge on any atom is -0.369 e. The van der Waals surface area contributed by atoms with Crippen LogP contribution in [0.25, 0.3) is 0 Å². The Hall–Kier alpha value is -1.86. The summed E-state index contributed by atoms with van der Waals surface area (Å²) < 4.78 is 0. The zero-order valence-corrected chi connectivity index (χ0v) is 16.1. The number of carbonyl (C=O) groups excluding carboxylic acids is 1. The molecule has 3 rings (SSSR count). The van der Waals surface area contributed by atoms with Crippen LogP contribution in [-0.4, -0.2) is 54.7 Å². The van der Waals surface area contributed by atoms with Gasteiger partial charge in [0, 0.05) is 37.9 Å². The molecule has 7 heteroatoms. The van der Waals surface area contributed by atoms with Crippen LogP contribution >= 0.6 is 12.2 Å². The summed E-state index contributed by atoms with van der Waals surface area (Å²) in [6.07, 6.45) is 6.12. The van der Waals surface area contributed by atoms with Gasteiger partial charge in [-0.3, -0.25) is 20.5 Å². The second-order valence-electron chi connectivity index (χ2n) is 7.08. The second kappa shape index (κ2) is 9.73. The highest BCUT2D eigenvalue weighted by atomic mass is 32.1. The molecule has 0 aromatic heterocycles. The van der Waals surface area contributed by atoms with E-state index >= 15 is 0 Å². The molecule has 0 spiro atoms. The van der Waals surface area contributed by atoms with Gasteiger partial charge < -0.3 is 10.2 Å². The molecule has 1 aromatic rings. The Morgan fingerprint density at radius 3 is 2.38 bits per heavy atom. The Bertz CT molecular complexity index is 583. The van der Waals surface area contributed by atoms with Crippen LogP contribution in [0.4, 0.5) is 5.69 Å². The quantitative estimate of drug-likeness (QED) is 0.549. The van der Waals surface area contributed by atoms with Crippen molar-refractivity contribution in [2.45, 2.75) is 38.1 Å². The lowest BCUT2D eigenvalue weighted by Gasteiger charge is -2.35. The van der Waals surface area contributed by atoms with Crippen LogP contribution in [0.2, 0.25) is 0 Å².